The minimum atomic E-state index is -0.933. The quantitative estimate of drug-likeness (QED) is 0.410. The van der Waals surface area contributed by atoms with Gasteiger partial charge in [0.2, 0.25) is 0 Å². The number of benzene rings is 1. The third-order valence-corrected chi connectivity index (χ3v) is 4.49. The molecule has 1 fully saturated rings. The summed E-state index contributed by atoms with van der Waals surface area (Å²) in [6.07, 6.45) is 9.65. The van der Waals surface area contributed by atoms with E-state index in [1.54, 1.807) is 25.3 Å². The maximum absolute atomic E-state index is 10.3. The van der Waals surface area contributed by atoms with Gasteiger partial charge in [-0.1, -0.05) is 25.7 Å². The normalized spacial score (nSPS) is 14.6. The molecule has 1 saturated carbocycles. The molecule has 2 rings (SSSR count). The number of hydrogen-bond donors (Lipinski definition) is 4. The molecule has 28 heavy (non-hydrogen) atoms. The van der Waals surface area contributed by atoms with Crippen LogP contribution in [0.5, 0.6) is 5.75 Å². The largest absolute Gasteiger partial charge is 0.496 e. The van der Waals surface area contributed by atoms with Crippen molar-refractivity contribution < 1.29 is 19.4 Å². The Morgan fingerprint density at radius 2 is 1.93 bits per heavy atom. The first-order valence-electron chi connectivity index (χ1n) is 9.89. The number of ether oxygens (including phenoxy) is 1. The molecule has 1 aromatic carbocycles. The molecule has 0 radical (unpaired) electrons. The predicted molar refractivity (Wildman–Crippen MR) is 113 cm³/mol. The molecular weight excluding hydrogens is 358 g/mol. The summed E-state index contributed by atoms with van der Waals surface area (Å²) in [6.45, 7) is 2.51. The molecule has 1 aliphatic rings. The SMILES string of the molecule is COc1ccc(C=O)cc1C.NC1CCCCC1.NCCCC[C@H](N)C(=O)O. The number of carbonyl (C=O) groups is 2. The number of carbonyl (C=O) groups excluding carboxylic acids is 1. The van der Waals surface area contributed by atoms with E-state index in [4.69, 9.17) is 27.0 Å². The molecule has 7 heteroatoms. The molecule has 7 N–H and O–H groups in total. The van der Waals surface area contributed by atoms with Gasteiger partial charge < -0.3 is 27.0 Å². The summed E-state index contributed by atoms with van der Waals surface area (Å²) in [6, 6.07) is 5.14. The van der Waals surface area contributed by atoms with E-state index in [2.05, 4.69) is 0 Å². The van der Waals surface area contributed by atoms with Gasteiger partial charge in [-0.2, -0.15) is 0 Å². The lowest BCUT2D eigenvalue weighted by atomic mass is 9.97. The summed E-state index contributed by atoms with van der Waals surface area (Å²) in [5.41, 5.74) is 17.7. The van der Waals surface area contributed by atoms with Crippen molar-refractivity contribution in [2.45, 2.75) is 70.4 Å². The second-order valence-corrected chi connectivity index (χ2v) is 6.97. The van der Waals surface area contributed by atoms with Crippen molar-refractivity contribution in [2.75, 3.05) is 13.7 Å². The van der Waals surface area contributed by atoms with E-state index in [1.807, 2.05) is 6.92 Å². The fourth-order valence-electron chi connectivity index (χ4n) is 2.74. The van der Waals surface area contributed by atoms with Crippen molar-refractivity contribution in [1.82, 2.24) is 0 Å². The summed E-state index contributed by atoms with van der Waals surface area (Å²) in [5, 5.41) is 8.33. The van der Waals surface area contributed by atoms with Crippen molar-refractivity contribution in [3.8, 4) is 5.75 Å². The Bertz CT molecular complexity index is 561. The second kappa shape index (κ2) is 16.0. The first-order valence-corrected chi connectivity index (χ1v) is 9.89. The molecule has 0 amide bonds. The number of carboxylic acids is 1. The molecule has 0 saturated heterocycles. The van der Waals surface area contributed by atoms with Crippen LogP contribution in [-0.4, -0.2) is 43.1 Å². The van der Waals surface area contributed by atoms with Crippen LogP contribution in [0.3, 0.4) is 0 Å². The molecule has 0 unspecified atom stereocenters. The molecule has 7 nitrogen and oxygen atoms in total. The maximum atomic E-state index is 10.3. The first kappa shape index (κ1) is 26.0. The molecule has 1 atom stereocenters. The van der Waals surface area contributed by atoms with Crippen molar-refractivity contribution >= 4 is 12.3 Å². The zero-order valence-corrected chi connectivity index (χ0v) is 17.2. The molecule has 1 aliphatic carbocycles. The van der Waals surface area contributed by atoms with Crippen LogP contribution in [0, 0.1) is 6.92 Å². The summed E-state index contributed by atoms with van der Waals surface area (Å²) in [7, 11) is 1.61. The number of unbranched alkanes of at least 4 members (excludes halogenated alkanes) is 1. The predicted octanol–water partition coefficient (Wildman–Crippen LogP) is 2.62. The van der Waals surface area contributed by atoms with E-state index in [0.717, 1.165) is 30.4 Å². The Morgan fingerprint density at radius 1 is 1.29 bits per heavy atom. The van der Waals surface area contributed by atoms with E-state index >= 15 is 0 Å². The number of rotatable bonds is 7. The van der Waals surface area contributed by atoms with Crippen molar-refractivity contribution in [3.05, 3.63) is 29.3 Å². The van der Waals surface area contributed by atoms with Crippen LogP contribution < -0.4 is 21.9 Å². The van der Waals surface area contributed by atoms with Crippen molar-refractivity contribution in [1.29, 1.82) is 0 Å². The van der Waals surface area contributed by atoms with Gasteiger partial charge in [0.1, 0.15) is 18.1 Å². The number of aliphatic carboxylic acids is 1. The average molecular weight is 396 g/mol. The van der Waals surface area contributed by atoms with Gasteiger partial charge in [0, 0.05) is 11.6 Å². The highest BCUT2D eigenvalue weighted by Gasteiger charge is 2.09. The zero-order valence-electron chi connectivity index (χ0n) is 17.2. The number of aryl methyl sites for hydroxylation is 1. The van der Waals surface area contributed by atoms with Crippen LogP contribution in [0.2, 0.25) is 0 Å². The lowest BCUT2D eigenvalue weighted by Crippen LogP contribution is -2.29. The van der Waals surface area contributed by atoms with Crippen molar-refractivity contribution in [3.63, 3.8) is 0 Å². The van der Waals surface area contributed by atoms with E-state index in [1.165, 1.54) is 32.1 Å². The Kier molecular flexibility index (Phi) is 14.9. The topological polar surface area (TPSA) is 142 Å². The number of methoxy groups -OCH3 is 1. The van der Waals surface area contributed by atoms with Crippen LogP contribution in [0.15, 0.2) is 18.2 Å². The van der Waals surface area contributed by atoms with Crippen molar-refractivity contribution in [2.24, 2.45) is 17.2 Å². The van der Waals surface area contributed by atoms with Gasteiger partial charge in [0.05, 0.1) is 7.11 Å². The highest BCUT2D eigenvalue weighted by Crippen LogP contribution is 2.17. The lowest BCUT2D eigenvalue weighted by molar-refractivity contribution is -0.138. The fourth-order valence-corrected chi connectivity index (χ4v) is 2.74. The molecule has 0 aliphatic heterocycles. The number of carboxylic acid groups (broad SMARTS) is 1. The molecular formula is C21H37N3O4. The Morgan fingerprint density at radius 3 is 2.32 bits per heavy atom. The molecule has 0 spiro atoms. The number of nitrogens with two attached hydrogens (primary N) is 3. The second-order valence-electron chi connectivity index (χ2n) is 6.97. The minimum Gasteiger partial charge on any atom is -0.496 e. The number of aldehydes is 1. The fraction of sp³-hybridized carbons (Fsp3) is 0.619. The van der Waals surface area contributed by atoms with Crippen LogP contribution in [0.25, 0.3) is 0 Å². The first-order chi connectivity index (χ1) is 13.3. The van der Waals surface area contributed by atoms with Gasteiger partial charge >= 0.3 is 5.97 Å². The van der Waals surface area contributed by atoms with E-state index < -0.39 is 12.0 Å². The Hall–Kier alpha value is -1.96. The monoisotopic (exact) mass is 395 g/mol. The Balaban J connectivity index is 0.000000400. The molecule has 0 bridgehead atoms. The summed E-state index contributed by atoms with van der Waals surface area (Å²) >= 11 is 0. The third kappa shape index (κ3) is 12.4. The van der Waals surface area contributed by atoms with Gasteiger partial charge in [-0.25, -0.2) is 0 Å². The van der Waals surface area contributed by atoms with E-state index in [0.29, 0.717) is 24.6 Å². The standard InChI is InChI=1S/C9H10O2.C6H14N2O2.C6H13N/c1-7-5-8(6-10)3-4-9(7)11-2;7-4-2-1-3-5(8)6(9)10;7-6-4-2-1-3-5-6/h3-6H,1-2H3;5H,1-4,7-8H2,(H,9,10);6H,1-5,7H2/t;5-;/m.0./s1. The summed E-state index contributed by atoms with van der Waals surface area (Å²) in [5.74, 6) is -0.118. The zero-order chi connectivity index (χ0) is 21.4. The highest BCUT2D eigenvalue weighted by molar-refractivity contribution is 5.75. The van der Waals surface area contributed by atoms with Gasteiger partial charge in [0.15, 0.2) is 0 Å². The molecule has 0 aromatic heterocycles. The Labute approximate surface area is 168 Å². The summed E-state index contributed by atoms with van der Waals surface area (Å²) in [4.78, 5) is 20.5. The van der Waals surface area contributed by atoms with Gasteiger partial charge in [-0.3, -0.25) is 9.59 Å². The minimum absolute atomic E-state index is 0.520. The van der Waals surface area contributed by atoms with Crippen LogP contribution in [0.4, 0.5) is 0 Å². The van der Waals surface area contributed by atoms with Crippen LogP contribution in [-0.2, 0) is 4.79 Å². The molecule has 1 aromatic rings. The summed E-state index contributed by atoms with van der Waals surface area (Å²) < 4.78 is 5.03. The molecule has 0 heterocycles. The van der Waals surface area contributed by atoms with Crippen LogP contribution in [0.1, 0.15) is 67.3 Å². The third-order valence-electron chi connectivity index (χ3n) is 4.49. The van der Waals surface area contributed by atoms with E-state index in [9.17, 15) is 9.59 Å². The molecule has 160 valence electrons. The smallest absolute Gasteiger partial charge is 0.320 e. The van der Waals surface area contributed by atoms with Gasteiger partial charge in [-0.05, 0) is 62.9 Å². The average Bonchev–Trinajstić information content (AvgIpc) is 2.69. The highest BCUT2D eigenvalue weighted by atomic mass is 16.5. The maximum Gasteiger partial charge on any atom is 0.320 e. The lowest BCUT2D eigenvalue weighted by Gasteiger charge is -2.15. The van der Waals surface area contributed by atoms with E-state index in [-0.39, 0.29) is 0 Å². The van der Waals surface area contributed by atoms with Gasteiger partial charge in [0.25, 0.3) is 0 Å². The van der Waals surface area contributed by atoms with Crippen LogP contribution >= 0.6 is 0 Å². The van der Waals surface area contributed by atoms with Gasteiger partial charge in [-0.15, -0.1) is 0 Å². The number of hydrogen-bond acceptors (Lipinski definition) is 6.